The highest BCUT2D eigenvalue weighted by atomic mass is 35.5. The number of rotatable bonds is 4. The molecule has 0 radical (unpaired) electrons. The largest absolute Gasteiger partial charge is 0.490 e. The molecule has 1 fully saturated rings. The topological polar surface area (TPSA) is 52.8 Å². The molecule has 1 aromatic carbocycles. The summed E-state index contributed by atoms with van der Waals surface area (Å²) in [5.74, 6) is 0.565. The number of carbonyl (C=O) groups is 1. The summed E-state index contributed by atoms with van der Waals surface area (Å²) >= 11 is 6.29. The Morgan fingerprint density at radius 3 is 2.96 bits per heavy atom. The van der Waals surface area contributed by atoms with Crippen molar-refractivity contribution < 1.29 is 18.7 Å². The van der Waals surface area contributed by atoms with Gasteiger partial charge in [-0.1, -0.05) is 11.6 Å². The highest BCUT2D eigenvalue weighted by Gasteiger charge is 2.27. The van der Waals surface area contributed by atoms with Crippen molar-refractivity contribution in [3.05, 3.63) is 64.3 Å². The zero-order valence-electron chi connectivity index (χ0n) is 14.1. The van der Waals surface area contributed by atoms with Gasteiger partial charge in [0.2, 0.25) is 0 Å². The molecule has 7 heteroatoms. The van der Waals surface area contributed by atoms with Crippen LogP contribution >= 0.6 is 11.6 Å². The first-order chi connectivity index (χ1) is 13.1. The van der Waals surface area contributed by atoms with Crippen molar-refractivity contribution in [2.24, 2.45) is 5.92 Å². The van der Waals surface area contributed by atoms with Crippen LogP contribution in [0, 0.1) is 11.7 Å². The van der Waals surface area contributed by atoms with Crippen LogP contribution in [0.15, 0.2) is 36.7 Å². The van der Waals surface area contributed by atoms with Crippen molar-refractivity contribution in [1.82, 2.24) is 9.38 Å². The molecule has 0 atom stereocenters. The van der Waals surface area contributed by atoms with Crippen LogP contribution in [0.25, 0.3) is 17.5 Å². The van der Waals surface area contributed by atoms with Gasteiger partial charge in [-0.3, -0.25) is 0 Å². The number of aromatic nitrogens is 2. The number of cyclic esters (lactones) is 1. The van der Waals surface area contributed by atoms with E-state index in [1.54, 1.807) is 28.9 Å². The van der Waals surface area contributed by atoms with Gasteiger partial charge in [0.25, 0.3) is 0 Å². The molecule has 0 N–H and O–H groups in total. The number of pyridine rings is 1. The molecule has 27 heavy (non-hydrogen) atoms. The fraction of sp³-hybridized carbons (Fsp3) is 0.200. The first-order valence-corrected chi connectivity index (χ1v) is 8.99. The number of fused-ring (bicyclic) bond motifs is 2. The van der Waals surface area contributed by atoms with Gasteiger partial charge in [0.05, 0.1) is 29.1 Å². The lowest BCUT2D eigenvalue weighted by molar-refractivity contribution is 0.0717. The minimum Gasteiger partial charge on any atom is -0.490 e. The second kappa shape index (κ2) is 6.09. The number of benzene rings is 1. The van der Waals surface area contributed by atoms with E-state index in [0.717, 1.165) is 0 Å². The quantitative estimate of drug-likeness (QED) is 0.618. The molecule has 0 bridgehead atoms. The molecule has 5 rings (SSSR count). The molecule has 2 aliphatic rings. The molecule has 5 nitrogen and oxygen atoms in total. The Hall–Kier alpha value is -2.86. The van der Waals surface area contributed by atoms with Gasteiger partial charge in [-0.05, 0) is 37.0 Å². The summed E-state index contributed by atoms with van der Waals surface area (Å²) in [5.41, 5.74) is 1.95. The van der Waals surface area contributed by atoms with Crippen LogP contribution in [0.4, 0.5) is 4.39 Å². The third kappa shape index (κ3) is 3.06. The number of imidazole rings is 1. The Bertz CT molecular complexity index is 1120. The van der Waals surface area contributed by atoms with Gasteiger partial charge in [-0.15, -0.1) is 0 Å². The summed E-state index contributed by atoms with van der Waals surface area (Å²) in [6.45, 7) is 0.662. The molecule has 1 aliphatic carbocycles. The van der Waals surface area contributed by atoms with E-state index >= 15 is 0 Å². The van der Waals surface area contributed by atoms with E-state index in [0.29, 0.717) is 45.8 Å². The smallest absolute Gasteiger partial charge is 0.344 e. The summed E-state index contributed by atoms with van der Waals surface area (Å²) in [6.07, 6.45) is 7.55. The zero-order chi connectivity index (χ0) is 18.5. The van der Waals surface area contributed by atoms with E-state index in [-0.39, 0.29) is 5.76 Å². The number of esters is 1. The monoisotopic (exact) mass is 384 g/mol. The summed E-state index contributed by atoms with van der Waals surface area (Å²) in [6, 6.07) is 5.66. The first kappa shape index (κ1) is 16.3. The summed E-state index contributed by atoms with van der Waals surface area (Å²) in [5, 5.41) is 0.493. The number of ether oxygens (including phenoxy) is 2. The van der Waals surface area contributed by atoms with Crippen molar-refractivity contribution in [2.45, 2.75) is 12.8 Å². The molecular weight excluding hydrogens is 371 g/mol. The number of nitrogens with zero attached hydrogens (tertiary/aromatic N) is 2. The fourth-order valence-corrected chi connectivity index (χ4v) is 3.23. The number of halogens is 2. The molecule has 0 saturated heterocycles. The molecular formula is C20H14ClFN2O3. The molecule has 0 unspecified atom stereocenters. The Balaban J connectivity index is 1.50. The number of hydrogen-bond donors (Lipinski definition) is 0. The van der Waals surface area contributed by atoms with E-state index in [1.165, 1.54) is 31.0 Å². The number of hydrogen-bond acceptors (Lipinski definition) is 4. The van der Waals surface area contributed by atoms with Crippen LogP contribution in [0.1, 0.15) is 34.5 Å². The average Bonchev–Trinajstić information content (AvgIpc) is 3.31. The van der Waals surface area contributed by atoms with Crippen LogP contribution in [0.3, 0.4) is 0 Å². The molecule has 3 heterocycles. The van der Waals surface area contributed by atoms with Crippen molar-refractivity contribution in [3.8, 4) is 5.75 Å². The highest BCUT2D eigenvalue weighted by Crippen LogP contribution is 2.34. The van der Waals surface area contributed by atoms with Gasteiger partial charge in [0, 0.05) is 23.9 Å². The molecule has 3 aromatic rings. The maximum absolute atomic E-state index is 13.5. The van der Waals surface area contributed by atoms with Crippen LogP contribution in [-0.4, -0.2) is 22.0 Å². The lowest BCUT2D eigenvalue weighted by Crippen LogP contribution is -2.00. The minimum absolute atomic E-state index is 0.272. The molecule has 1 saturated carbocycles. The Kier molecular flexibility index (Phi) is 3.68. The summed E-state index contributed by atoms with van der Waals surface area (Å²) in [4.78, 5) is 16.4. The van der Waals surface area contributed by atoms with Gasteiger partial charge in [0.1, 0.15) is 17.2 Å². The lowest BCUT2D eigenvalue weighted by atomic mass is 10.1. The maximum atomic E-state index is 13.5. The third-order valence-electron chi connectivity index (χ3n) is 4.65. The van der Waals surface area contributed by atoms with Crippen molar-refractivity contribution in [2.75, 3.05) is 6.61 Å². The van der Waals surface area contributed by atoms with Crippen molar-refractivity contribution in [1.29, 1.82) is 0 Å². The molecule has 1 aliphatic heterocycles. The summed E-state index contributed by atoms with van der Waals surface area (Å²) in [7, 11) is 0. The molecule has 0 spiro atoms. The van der Waals surface area contributed by atoms with E-state index in [9.17, 15) is 9.18 Å². The van der Waals surface area contributed by atoms with Crippen LogP contribution in [0.2, 0.25) is 5.02 Å². The van der Waals surface area contributed by atoms with E-state index in [2.05, 4.69) is 4.98 Å². The van der Waals surface area contributed by atoms with Gasteiger partial charge in [-0.25, -0.2) is 14.2 Å². The SMILES string of the molecule is O=C1O/C(=C\c2cn3cc(OCC4CC4)c(Cl)cc3n2)c2cc(F)ccc21. The Labute approximate surface area is 159 Å². The van der Waals surface area contributed by atoms with Gasteiger partial charge in [0.15, 0.2) is 5.75 Å². The lowest BCUT2D eigenvalue weighted by Gasteiger charge is -2.07. The van der Waals surface area contributed by atoms with Crippen molar-refractivity contribution >= 4 is 35.1 Å². The fourth-order valence-electron chi connectivity index (χ4n) is 3.03. The predicted molar refractivity (Wildman–Crippen MR) is 98.1 cm³/mol. The molecule has 136 valence electrons. The van der Waals surface area contributed by atoms with Gasteiger partial charge < -0.3 is 13.9 Å². The maximum Gasteiger partial charge on any atom is 0.344 e. The summed E-state index contributed by atoms with van der Waals surface area (Å²) < 4.78 is 26.4. The highest BCUT2D eigenvalue weighted by molar-refractivity contribution is 6.32. The van der Waals surface area contributed by atoms with Gasteiger partial charge in [-0.2, -0.15) is 0 Å². The number of carbonyl (C=O) groups excluding carboxylic acids is 1. The minimum atomic E-state index is -0.501. The van der Waals surface area contributed by atoms with Crippen LogP contribution in [0.5, 0.6) is 5.75 Å². The van der Waals surface area contributed by atoms with Crippen LogP contribution in [-0.2, 0) is 4.74 Å². The van der Waals surface area contributed by atoms with Crippen molar-refractivity contribution in [3.63, 3.8) is 0 Å². The third-order valence-corrected chi connectivity index (χ3v) is 4.94. The normalized spacial score (nSPS) is 17.4. The zero-order valence-corrected chi connectivity index (χ0v) is 14.9. The second-order valence-corrected chi connectivity index (χ2v) is 7.17. The average molecular weight is 385 g/mol. The standard InChI is InChI=1S/C20H14ClFN2O3/c21-16-7-19-23-13(8-24(19)9-18(16)26-10-11-1-2-11)6-17-15-5-12(22)3-4-14(15)20(25)27-17/h3-9,11H,1-2,10H2/b17-6-. The second-order valence-electron chi connectivity index (χ2n) is 6.76. The van der Waals surface area contributed by atoms with E-state index in [4.69, 9.17) is 21.1 Å². The molecule has 2 aromatic heterocycles. The molecule has 0 amide bonds. The first-order valence-electron chi connectivity index (χ1n) is 8.62. The Morgan fingerprint density at radius 2 is 2.15 bits per heavy atom. The van der Waals surface area contributed by atoms with E-state index in [1.807, 2.05) is 0 Å². The van der Waals surface area contributed by atoms with Gasteiger partial charge >= 0.3 is 5.97 Å². The van der Waals surface area contributed by atoms with Crippen LogP contribution < -0.4 is 4.74 Å². The van der Waals surface area contributed by atoms with E-state index < -0.39 is 11.8 Å². The predicted octanol–water partition coefficient (Wildman–Crippen LogP) is 4.58. The Morgan fingerprint density at radius 1 is 1.30 bits per heavy atom.